The van der Waals surface area contributed by atoms with Crippen LogP contribution in [-0.4, -0.2) is 46.3 Å². The molecule has 2 heterocycles. The summed E-state index contributed by atoms with van der Waals surface area (Å²) in [6.07, 6.45) is 2.64. The van der Waals surface area contributed by atoms with Crippen LogP contribution in [0.2, 0.25) is 10.0 Å². The highest BCUT2D eigenvalue weighted by molar-refractivity contribution is 7.98. The number of piperidine rings is 1. The summed E-state index contributed by atoms with van der Waals surface area (Å²) >= 11 is 14.0. The van der Waals surface area contributed by atoms with Crippen LogP contribution in [0.1, 0.15) is 30.7 Å². The monoisotopic (exact) mass is 518 g/mol. The Labute approximate surface area is 214 Å². The van der Waals surface area contributed by atoms with E-state index in [1.165, 1.54) is 5.56 Å². The molecular weight excluding hydrogens is 491 g/mol. The van der Waals surface area contributed by atoms with Gasteiger partial charge in [0.25, 0.3) is 0 Å². The van der Waals surface area contributed by atoms with Gasteiger partial charge in [0, 0.05) is 28.8 Å². The van der Waals surface area contributed by atoms with Gasteiger partial charge in [0.05, 0.1) is 11.6 Å². The van der Waals surface area contributed by atoms with Crippen LogP contribution in [0.15, 0.2) is 53.1 Å². The predicted octanol–water partition coefficient (Wildman–Crippen LogP) is 5.70. The lowest BCUT2D eigenvalue weighted by Gasteiger charge is -2.30. The first-order chi connectivity index (χ1) is 16.6. The van der Waals surface area contributed by atoms with Crippen molar-refractivity contribution in [1.29, 1.82) is 0 Å². The SMILES string of the molecule is O=C(NCCCSCc1ccc(Cl)cc1)C1CCN(Cc2nc(-c3ccccc3Cl)no2)CC1. The summed E-state index contributed by atoms with van der Waals surface area (Å²) in [5.74, 6) is 3.28. The molecule has 180 valence electrons. The number of carbonyl (C=O) groups excluding carboxylic acids is 1. The zero-order chi connectivity index (χ0) is 23.8. The van der Waals surface area contributed by atoms with Gasteiger partial charge in [-0.3, -0.25) is 9.69 Å². The summed E-state index contributed by atoms with van der Waals surface area (Å²) < 4.78 is 5.42. The molecule has 0 unspecified atom stereocenters. The second-order valence-corrected chi connectivity index (χ2v) is 10.3. The van der Waals surface area contributed by atoms with Crippen LogP contribution in [0, 0.1) is 5.92 Å². The Kier molecular flexibility index (Phi) is 9.27. The van der Waals surface area contributed by atoms with E-state index < -0.39 is 0 Å². The van der Waals surface area contributed by atoms with E-state index in [0.717, 1.165) is 61.0 Å². The molecule has 0 radical (unpaired) electrons. The molecule has 9 heteroatoms. The fourth-order valence-electron chi connectivity index (χ4n) is 3.92. The first-order valence-corrected chi connectivity index (χ1v) is 13.4. The molecule has 0 saturated carbocycles. The Bertz CT molecular complexity index is 1070. The largest absolute Gasteiger partial charge is 0.356 e. The van der Waals surface area contributed by atoms with E-state index in [2.05, 4.69) is 32.5 Å². The van der Waals surface area contributed by atoms with E-state index in [1.807, 2.05) is 48.2 Å². The van der Waals surface area contributed by atoms with Gasteiger partial charge in [0.15, 0.2) is 0 Å². The van der Waals surface area contributed by atoms with Crippen LogP contribution in [0.25, 0.3) is 11.4 Å². The standard InChI is InChI=1S/C25H28Cl2N4O2S/c26-20-8-6-18(7-9-20)17-34-15-3-12-28-25(32)19-10-13-31(14-11-19)16-23-29-24(30-33-23)21-4-1-2-5-22(21)27/h1-2,4-9,19H,3,10-17H2,(H,28,32). The van der Waals surface area contributed by atoms with Crippen LogP contribution in [0.5, 0.6) is 0 Å². The third kappa shape index (κ3) is 7.22. The second kappa shape index (κ2) is 12.6. The maximum Gasteiger partial charge on any atom is 0.241 e. The van der Waals surface area contributed by atoms with Gasteiger partial charge in [-0.05, 0) is 67.9 Å². The van der Waals surface area contributed by atoms with Crippen molar-refractivity contribution in [2.75, 3.05) is 25.4 Å². The zero-order valence-corrected chi connectivity index (χ0v) is 21.2. The van der Waals surface area contributed by atoms with Crippen LogP contribution >= 0.6 is 35.0 Å². The Morgan fingerprint density at radius 3 is 2.65 bits per heavy atom. The lowest BCUT2D eigenvalue weighted by molar-refractivity contribution is -0.126. The van der Waals surface area contributed by atoms with E-state index in [0.29, 0.717) is 23.3 Å². The summed E-state index contributed by atoms with van der Waals surface area (Å²) in [6.45, 7) is 2.97. The molecule has 1 amide bonds. The van der Waals surface area contributed by atoms with Gasteiger partial charge < -0.3 is 9.84 Å². The molecule has 6 nitrogen and oxygen atoms in total. The lowest BCUT2D eigenvalue weighted by Crippen LogP contribution is -2.40. The minimum absolute atomic E-state index is 0.0688. The third-order valence-corrected chi connectivity index (χ3v) is 7.54. The van der Waals surface area contributed by atoms with Crippen LogP contribution in [0.3, 0.4) is 0 Å². The van der Waals surface area contributed by atoms with Crippen molar-refractivity contribution in [2.45, 2.75) is 31.6 Å². The van der Waals surface area contributed by atoms with Gasteiger partial charge in [0.1, 0.15) is 0 Å². The maximum absolute atomic E-state index is 12.5. The van der Waals surface area contributed by atoms with Crippen LogP contribution in [-0.2, 0) is 17.1 Å². The first-order valence-electron chi connectivity index (χ1n) is 11.5. The number of hydrogen-bond acceptors (Lipinski definition) is 6. The highest BCUT2D eigenvalue weighted by Crippen LogP contribution is 2.26. The number of nitrogens with one attached hydrogen (secondary N) is 1. The molecule has 0 bridgehead atoms. The topological polar surface area (TPSA) is 71.3 Å². The molecule has 1 fully saturated rings. The number of likely N-dealkylation sites (tertiary alicyclic amines) is 1. The molecule has 1 aliphatic rings. The number of rotatable bonds is 10. The zero-order valence-electron chi connectivity index (χ0n) is 18.9. The Hall–Kier alpha value is -2.06. The van der Waals surface area contributed by atoms with Crippen LogP contribution < -0.4 is 5.32 Å². The first kappa shape index (κ1) is 25.0. The number of halogens is 2. The van der Waals surface area contributed by atoms with E-state index in [1.54, 1.807) is 0 Å². The van der Waals surface area contributed by atoms with Crippen molar-refractivity contribution < 1.29 is 9.32 Å². The Morgan fingerprint density at radius 2 is 1.88 bits per heavy atom. The van der Waals surface area contributed by atoms with Crippen molar-refractivity contribution in [1.82, 2.24) is 20.4 Å². The summed E-state index contributed by atoms with van der Waals surface area (Å²) in [4.78, 5) is 19.3. The van der Waals surface area contributed by atoms with E-state index in [9.17, 15) is 4.79 Å². The molecule has 0 aliphatic carbocycles. The number of benzene rings is 2. The summed E-state index contributed by atoms with van der Waals surface area (Å²) in [5, 5.41) is 8.53. The molecule has 3 aromatic rings. The molecule has 4 rings (SSSR count). The molecule has 1 N–H and O–H groups in total. The minimum Gasteiger partial charge on any atom is -0.356 e. The normalized spacial score (nSPS) is 14.9. The van der Waals surface area contributed by atoms with Gasteiger partial charge in [-0.15, -0.1) is 0 Å². The van der Waals surface area contributed by atoms with Crippen molar-refractivity contribution >= 4 is 40.9 Å². The predicted molar refractivity (Wildman–Crippen MR) is 138 cm³/mol. The molecule has 1 aliphatic heterocycles. The van der Waals surface area contributed by atoms with Crippen molar-refractivity contribution in [2.24, 2.45) is 5.92 Å². The molecular formula is C25H28Cl2N4O2S. The molecule has 1 saturated heterocycles. The number of aromatic nitrogens is 2. The number of hydrogen-bond donors (Lipinski definition) is 1. The van der Waals surface area contributed by atoms with Gasteiger partial charge in [-0.1, -0.05) is 52.6 Å². The maximum atomic E-state index is 12.5. The van der Waals surface area contributed by atoms with E-state index in [4.69, 9.17) is 27.7 Å². The minimum atomic E-state index is 0.0688. The van der Waals surface area contributed by atoms with Gasteiger partial charge in [-0.25, -0.2) is 0 Å². The summed E-state index contributed by atoms with van der Waals surface area (Å²) in [5.41, 5.74) is 2.03. The summed E-state index contributed by atoms with van der Waals surface area (Å²) in [6, 6.07) is 15.4. The van der Waals surface area contributed by atoms with Crippen LogP contribution in [0.4, 0.5) is 0 Å². The van der Waals surface area contributed by atoms with Crippen molar-refractivity contribution in [3.05, 3.63) is 70.0 Å². The highest BCUT2D eigenvalue weighted by atomic mass is 35.5. The second-order valence-electron chi connectivity index (χ2n) is 8.37. The lowest BCUT2D eigenvalue weighted by atomic mass is 9.96. The Balaban J connectivity index is 1.11. The summed E-state index contributed by atoms with van der Waals surface area (Å²) in [7, 11) is 0. The van der Waals surface area contributed by atoms with Gasteiger partial charge in [-0.2, -0.15) is 16.7 Å². The quantitative estimate of drug-likeness (QED) is 0.347. The van der Waals surface area contributed by atoms with Gasteiger partial charge >= 0.3 is 0 Å². The molecule has 0 atom stereocenters. The smallest absolute Gasteiger partial charge is 0.241 e. The molecule has 34 heavy (non-hydrogen) atoms. The fraction of sp³-hybridized carbons (Fsp3) is 0.400. The van der Waals surface area contributed by atoms with Crippen molar-refractivity contribution in [3.63, 3.8) is 0 Å². The van der Waals surface area contributed by atoms with E-state index >= 15 is 0 Å². The average molecular weight is 519 g/mol. The number of amides is 1. The number of thioether (sulfide) groups is 1. The van der Waals surface area contributed by atoms with Gasteiger partial charge in [0.2, 0.25) is 17.6 Å². The average Bonchev–Trinajstić information content (AvgIpc) is 3.31. The molecule has 1 aromatic heterocycles. The number of nitrogens with zero attached hydrogens (tertiary/aromatic N) is 3. The fourth-order valence-corrected chi connectivity index (χ4v) is 5.18. The molecule has 2 aromatic carbocycles. The molecule has 0 spiro atoms. The Morgan fingerprint density at radius 1 is 1.12 bits per heavy atom. The van der Waals surface area contributed by atoms with Crippen molar-refractivity contribution in [3.8, 4) is 11.4 Å². The third-order valence-electron chi connectivity index (χ3n) is 5.85. The van der Waals surface area contributed by atoms with E-state index in [-0.39, 0.29) is 11.8 Å². The number of carbonyl (C=O) groups is 1. The highest BCUT2D eigenvalue weighted by Gasteiger charge is 2.26.